The molecule has 0 spiro atoms. The van der Waals surface area contributed by atoms with Gasteiger partial charge in [-0.25, -0.2) is 0 Å². The summed E-state index contributed by atoms with van der Waals surface area (Å²) in [6, 6.07) is 17.1. The van der Waals surface area contributed by atoms with Gasteiger partial charge >= 0.3 is 0 Å². The molecule has 0 saturated carbocycles. The number of benzene rings is 2. The Balaban J connectivity index is 1.51. The molecular formula is C19H25BrN2O+2. The summed E-state index contributed by atoms with van der Waals surface area (Å²) in [5.74, 6) is 1.02. The van der Waals surface area contributed by atoms with Gasteiger partial charge in [0.1, 0.15) is 45.0 Å². The van der Waals surface area contributed by atoms with E-state index in [0.29, 0.717) is 0 Å². The summed E-state index contributed by atoms with van der Waals surface area (Å²) in [6.45, 7) is 7.12. The van der Waals surface area contributed by atoms with Crippen LogP contribution in [0.4, 0.5) is 0 Å². The van der Waals surface area contributed by atoms with Crippen LogP contribution in [0.15, 0.2) is 53.0 Å². The van der Waals surface area contributed by atoms with Crippen LogP contribution >= 0.6 is 15.9 Å². The number of hydrogen-bond acceptors (Lipinski definition) is 1. The van der Waals surface area contributed by atoms with Crippen LogP contribution in [0.1, 0.15) is 11.1 Å². The fourth-order valence-electron chi connectivity index (χ4n) is 3.32. The normalized spacial score (nSPS) is 21.1. The van der Waals surface area contributed by atoms with Crippen LogP contribution in [-0.4, -0.2) is 33.3 Å². The molecule has 2 aromatic carbocycles. The van der Waals surface area contributed by atoms with Crippen molar-refractivity contribution in [2.75, 3.05) is 33.3 Å². The van der Waals surface area contributed by atoms with Crippen LogP contribution in [0.2, 0.25) is 0 Å². The monoisotopic (exact) mass is 376 g/mol. The third-order valence-corrected chi connectivity index (χ3v) is 5.19. The molecular weight excluding hydrogens is 352 g/mol. The predicted molar refractivity (Wildman–Crippen MR) is 95.9 cm³/mol. The standard InChI is InChI=1S/C19H23BrN2O/c1-23-19-5-3-2-4-17(19)15-22-12-10-21(11-13-22)14-16-6-8-18(20)9-7-16/h2-9H,10-15H2,1H3/p+2. The predicted octanol–water partition coefficient (Wildman–Crippen LogP) is 0.941. The molecule has 2 aromatic rings. The van der Waals surface area contributed by atoms with E-state index in [1.54, 1.807) is 16.9 Å². The molecule has 1 fully saturated rings. The Morgan fingerprint density at radius 2 is 1.48 bits per heavy atom. The Bertz CT molecular complexity index is 622. The molecule has 3 nitrogen and oxygen atoms in total. The number of halogens is 1. The Morgan fingerprint density at radius 3 is 2.13 bits per heavy atom. The largest absolute Gasteiger partial charge is 0.496 e. The second-order valence-corrected chi connectivity index (χ2v) is 7.21. The van der Waals surface area contributed by atoms with Crippen LogP contribution in [-0.2, 0) is 13.1 Å². The quantitative estimate of drug-likeness (QED) is 0.794. The van der Waals surface area contributed by atoms with Gasteiger partial charge in [-0.3, -0.25) is 0 Å². The maximum absolute atomic E-state index is 5.47. The topological polar surface area (TPSA) is 18.1 Å². The Hall–Kier alpha value is -1.36. The van der Waals surface area contributed by atoms with Crippen LogP contribution < -0.4 is 14.5 Å². The van der Waals surface area contributed by atoms with E-state index in [9.17, 15) is 0 Å². The highest BCUT2D eigenvalue weighted by atomic mass is 79.9. The average molecular weight is 377 g/mol. The number of methoxy groups -OCH3 is 1. The molecule has 1 aliphatic rings. The fraction of sp³-hybridized carbons (Fsp3) is 0.368. The van der Waals surface area contributed by atoms with Crippen LogP contribution in [0.5, 0.6) is 5.75 Å². The van der Waals surface area contributed by atoms with E-state index in [4.69, 9.17) is 4.74 Å². The fourth-order valence-corrected chi connectivity index (χ4v) is 3.58. The zero-order valence-electron chi connectivity index (χ0n) is 13.6. The maximum Gasteiger partial charge on any atom is 0.127 e. The van der Waals surface area contributed by atoms with Gasteiger partial charge in [0.05, 0.1) is 7.11 Å². The molecule has 1 aliphatic heterocycles. The van der Waals surface area contributed by atoms with Gasteiger partial charge in [0.15, 0.2) is 0 Å². The second-order valence-electron chi connectivity index (χ2n) is 6.29. The summed E-state index contributed by atoms with van der Waals surface area (Å²) < 4.78 is 6.63. The summed E-state index contributed by atoms with van der Waals surface area (Å²) in [4.78, 5) is 3.35. The molecule has 4 heteroatoms. The summed E-state index contributed by atoms with van der Waals surface area (Å²) in [5.41, 5.74) is 2.75. The lowest BCUT2D eigenvalue weighted by Gasteiger charge is -2.30. The van der Waals surface area contributed by atoms with Crippen molar-refractivity contribution in [1.29, 1.82) is 0 Å². The van der Waals surface area contributed by atoms with Crippen molar-refractivity contribution in [3.8, 4) is 5.75 Å². The van der Waals surface area contributed by atoms with Crippen molar-refractivity contribution in [3.05, 3.63) is 64.1 Å². The highest BCUT2D eigenvalue weighted by molar-refractivity contribution is 9.10. The van der Waals surface area contributed by atoms with Gasteiger partial charge in [-0.15, -0.1) is 0 Å². The lowest BCUT2D eigenvalue weighted by molar-refractivity contribution is -1.02. The van der Waals surface area contributed by atoms with E-state index in [1.165, 1.54) is 37.3 Å². The molecule has 1 heterocycles. The van der Waals surface area contributed by atoms with E-state index in [0.717, 1.165) is 23.3 Å². The van der Waals surface area contributed by atoms with Crippen molar-refractivity contribution in [2.45, 2.75) is 13.1 Å². The number of hydrogen-bond donors (Lipinski definition) is 2. The molecule has 0 bridgehead atoms. The highest BCUT2D eigenvalue weighted by Crippen LogP contribution is 2.15. The third-order valence-electron chi connectivity index (χ3n) is 4.66. The first-order chi connectivity index (χ1) is 11.2. The molecule has 2 N–H and O–H groups in total. The number of ether oxygens (including phenoxy) is 1. The van der Waals surface area contributed by atoms with E-state index in [2.05, 4.69) is 58.4 Å². The Kier molecular flexibility index (Phi) is 5.70. The van der Waals surface area contributed by atoms with Crippen molar-refractivity contribution in [2.24, 2.45) is 0 Å². The lowest BCUT2D eigenvalue weighted by atomic mass is 10.1. The number of piperazine rings is 1. The van der Waals surface area contributed by atoms with E-state index >= 15 is 0 Å². The van der Waals surface area contributed by atoms with Gasteiger partial charge in [-0.1, -0.05) is 40.2 Å². The smallest absolute Gasteiger partial charge is 0.127 e. The highest BCUT2D eigenvalue weighted by Gasteiger charge is 2.23. The first-order valence-electron chi connectivity index (χ1n) is 8.28. The van der Waals surface area contributed by atoms with Crippen LogP contribution in [0, 0.1) is 0 Å². The van der Waals surface area contributed by atoms with Gasteiger partial charge in [-0.05, 0) is 24.3 Å². The number of para-hydroxylation sites is 1. The molecule has 0 amide bonds. The molecule has 0 aliphatic carbocycles. The van der Waals surface area contributed by atoms with Gasteiger partial charge in [-0.2, -0.15) is 0 Å². The van der Waals surface area contributed by atoms with E-state index < -0.39 is 0 Å². The number of quaternary nitrogens is 2. The molecule has 122 valence electrons. The van der Waals surface area contributed by atoms with Crippen molar-refractivity contribution in [3.63, 3.8) is 0 Å². The summed E-state index contributed by atoms with van der Waals surface area (Å²) >= 11 is 3.50. The maximum atomic E-state index is 5.47. The minimum Gasteiger partial charge on any atom is -0.496 e. The minimum absolute atomic E-state index is 1.02. The molecule has 1 saturated heterocycles. The van der Waals surface area contributed by atoms with Gasteiger partial charge in [0.2, 0.25) is 0 Å². The zero-order chi connectivity index (χ0) is 16.1. The van der Waals surface area contributed by atoms with Gasteiger partial charge in [0, 0.05) is 15.6 Å². The summed E-state index contributed by atoms with van der Waals surface area (Å²) in [5, 5.41) is 0. The SMILES string of the molecule is COc1ccccc1C[NH+]1CC[NH+](Cc2ccc(Br)cc2)CC1. The molecule has 0 aromatic heterocycles. The third kappa shape index (κ3) is 4.56. The zero-order valence-corrected chi connectivity index (χ0v) is 15.2. The number of rotatable bonds is 5. The molecule has 0 radical (unpaired) electrons. The van der Waals surface area contributed by atoms with Gasteiger partial charge in [0.25, 0.3) is 0 Å². The van der Waals surface area contributed by atoms with Crippen molar-refractivity contribution in [1.82, 2.24) is 0 Å². The van der Waals surface area contributed by atoms with Crippen molar-refractivity contribution >= 4 is 15.9 Å². The average Bonchev–Trinajstić information content (AvgIpc) is 2.59. The molecule has 3 rings (SSSR count). The first-order valence-corrected chi connectivity index (χ1v) is 9.07. The lowest BCUT2D eigenvalue weighted by Crippen LogP contribution is -3.27. The van der Waals surface area contributed by atoms with E-state index in [-0.39, 0.29) is 0 Å². The van der Waals surface area contributed by atoms with Crippen LogP contribution in [0.25, 0.3) is 0 Å². The Morgan fingerprint density at radius 1 is 0.870 bits per heavy atom. The Labute approximate surface area is 147 Å². The van der Waals surface area contributed by atoms with Crippen molar-refractivity contribution < 1.29 is 14.5 Å². The minimum atomic E-state index is 1.02. The van der Waals surface area contributed by atoms with E-state index in [1.807, 2.05) is 6.07 Å². The molecule has 0 unspecified atom stereocenters. The summed E-state index contributed by atoms with van der Waals surface area (Å²) in [6.07, 6.45) is 0. The first kappa shape index (κ1) is 16.5. The van der Waals surface area contributed by atoms with Gasteiger partial charge < -0.3 is 14.5 Å². The molecule has 23 heavy (non-hydrogen) atoms. The molecule has 0 atom stereocenters. The number of nitrogens with one attached hydrogen (secondary N) is 2. The van der Waals surface area contributed by atoms with Crippen LogP contribution in [0.3, 0.4) is 0 Å². The second kappa shape index (κ2) is 7.95. The summed E-state index contributed by atoms with van der Waals surface area (Å²) in [7, 11) is 1.76.